The summed E-state index contributed by atoms with van der Waals surface area (Å²) in [7, 11) is 0. The first-order valence-corrected chi connectivity index (χ1v) is 14.7. The Balaban J connectivity index is 1.85. The molecule has 4 aromatic rings. The Morgan fingerprint density at radius 1 is 1.05 bits per heavy atom. The molecule has 0 radical (unpaired) electrons. The van der Waals surface area contributed by atoms with Crippen molar-refractivity contribution in [3.05, 3.63) is 82.0 Å². The predicted octanol–water partition coefficient (Wildman–Crippen LogP) is 5.89. The number of carbonyl (C=O) groups is 1. The van der Waals surface area contributed by atoms with E-state index in [1.54, 1.807) is 29.2 Å². The fourth-order valence-electron chi connectivity index (χ4n) is 5.91. The van der Waals surface area contributed by atoms with Crippen LogP contribution in [-0.4, -0.2) is 60.5 Å². The molecule has 1 aliphatic heterocycles. The van der Waals surface area contributed by atoms with Crippen LogP contribution in [0.1, 0.15) is 64.8 Å². The highest BCUT2D eigenvalue weighted by Crippen LogP contribution is 2.36. The molecule has 0 N–H and O–H groups in total. The first kappa shape index (κ1) is 30.3. The number of pyridine rings is 1. The van der Waals surface area contributed by atoms with Crippen molar-refractivity contribution < 1.29 is 9.18 Å². The Kier molecular flexibility index (Phi) is 8.34. The van der Waals surface area contributed by atoms with Gasteiger partial charge in [0.2, 0.25) is 5.91 Å². The normalized spacial score (nSPS) is 17.3. The molecule has 0 saturated carbocycles. The summed E-state index contributed by atoms with van der Waals surface area (Å²) in [4.78, 5) is 49.1. The molecular formula is C32H35ClFN7O2. The summed E-state index contributed by atoms with van der Waals surface area (Å²) in [6.45, 7) is 16.3. The van der Waals surface area contributed by atoms with Gasteiger partial charge < -0.3 is 9.80 Å². The number of benzene rings is 1. The zero-order valence-electron chi connectivity index (χ0n) is 25.2. The average molecular weight is 604 g/mol. The molecule has 3 aromatic heterocycles. The van der Waals surface area contributed by atoms with Gasteiger partial charge >= 0.3 is 5.69 Å². The van der Waals surface area contributed by atoms with Crippen molar-refractivity contribution >= 4 is 34.4 Å². The molecule has 0 spiro atoms. The van der Waals surface area contributed by atoms with Gasteiger partial charge in [0.1, 0.15) is 18.0 Å². The van der Waals surface area contributed by atoms with Crippen LogP contribution in [0.2, 0.25) is 5.02 Å². The lowest BCUT2D eigenvalue weighted by molar-refractivity contribution is -0.130. The minimum atomic E-state index is -0.569. The molecule has 1 amide bonds. The van der Waals surface area contributed by atoms with Crippen LogP contribution in [0.5, 0.6) is 0 Å². The van der Waals surface area contributed by atoms with Crippen LogP contribution in [0, 0.1) is 5.82 Å². The average Bonchev–Trinajstić information content (AvgIpc) is 2.96. The number of piperazine rings is 1. The second-order valence-electron chi connectivity index (χ2n) is 11.6. The maximum absolute atomic E-state index is 15.0. The number of anilines is 1. The summed E-state index contributed by atoms with van der Waals surface area (Å²) in [5.41, 5.74) is 1.96. The van der Waals surface area contributed by atoms with Crippen LogP contribution >= 0.6 is 11.6 Å². The summed E-state index contributed by atoms with van der Waals surface area (Å²) in [6, 6.07) is 7.56. The van der Waals surface area contributed by atoms with E-state index in [1.165, 1.54) is 23.0 Å². The molecule has 1 fully saturated rings. The number of hydrogen-bond donors (Lipinski definition) is 0. The van der Waals surface area contributed by atoms with Crippen LogP contribution in [0.4, 0.5) is 10.2 Å². The summed E-state index contributed by atoms with van der Waals surface area (Å²) in [6.07, 6.45) is 2.82. The molecule has 224 valence electrons. The molecule has 0 aliphatic carbocycles. The van der Waals surface area contributed by atoms with Crippen molar-refractivity contribution in [2.45, 2.75) is 65.5 Å². The summed E-state index contributed by atoms with van der Waals surface area (Å²) in [5, 5.41) is 0.728. The molecule has 1 aliphatic rings. The van der Waals surface area contributed by atoms with Gasteiger partial charge in [-0.05, 0) is 50.0 Å². The first-order valence-electron chi connectivity index (χ1n) is 14.4. The monoisotopic (exact) mass is 603 g/mol. The zero-order chi connectivity index (χ0) is 31.2. The fraction of sp³-hybridized carbons (Fsp3) is 0.375. The minimum absolute atomic E-state index is 0.0485. The van der Waals surface area contributed by atoms with Crippen molar-refractivity contribution in [3.8, 4) is 16.9 Å². The predicted molar refractivity (Wildman–Crippen MR) is 167 cm³/mol. The maximum Gasteiger partial charge on any atom is 0.355 e. The van der Waals surface area contributed by atoms with Gasteiger partial charge in [0.05, 0.1) is 33.2 Å². The number of carbonyl (C=O) groups excluding carboxylic acids is 1. The molecular weight excluding hydrogens is 569 g/mol. The van der Waals surface area contributed by atoms with Crippen LogP contribution in [-0.2, 0) is 4.79 Å². The van der Waals surface area contributed by atoms with Crippen molar-refractivity contribution in [2.75, 3.05) is 18.0 Å². The molecule has 43 heavy (non-hydrogen) atoms. The first-order chi connectivity index (χ1) is 20.4. The Morgan fingerprint density at radius 3 is 2.21 bits per heavy atom. The lowest BCUT2D eigenvalue weighted by Gasteiger charge is -2.44. The molecule has 0 bridgehead atoms. The van der Waals surface area contributed by atoms with E-state index >= 15 is 4.39 Å². The summed E-state index contributed by atoms with van der Waals surface area (Å²) in [5.74, 6) is -0.345. The van der Waals surface area contributed by atoms with E-state index < -0.39 is 11.5 Å². The third-order valence-corrected chi connectivity index (χ3v) is 8.06. The van der Waals surface area contributed by atoms with Gasteiger partial charge in [-0.25, -0.2) is 28.7 Å². The van der Waals surface area contributed by atoms with Crippen molar-refractivity contribution in [2.24, 2.45) is 0 Å². The SMILES string of the molecule is C=CC(=O)N1C(C)CN(c2nc(=O)n(-c3c(C(C)C)ncnc3C(C)C)c3nc(-c4ccccc4F)c(Cl)cc23)CC1C. The van der Waals surface area contributed by atoms with Crippen molar-refractivity contribution in [3.63, 3.8) is 0 Å². The van der Waals surface area contributed by atoms with E-state index in [4.69, 9.17) is 16.6 Å². The van der Waals surface area contributed by atoms with Gasteiger partial charge in [0.15, 0.2) is 5.65 Å². The third kappa shape index (κ3) is 5.40. The maximum atomic E-state index is 15.0. The number of amides is 1. The number of hydrogen-bond acceptors (Lipinski definition) is 7. The second kappa shape index (κ2) is 11.8. The quantitative estimate of drug-likeness (QED) is 0.254. The second-order valence-corrected chi connectivity index (χ2v) is 12.0. The van der Waals surface area contributed by atoms with Crippen molar-refractivity contribution in [1.82, 2.24) is 29.4 Å². The van der Waals surface area contributed by atoms with E-state index in [0.29, 0.717) is 41.4 Å². The Hall–Kier alpha value is -4.18. The molecule has 1 aromatic carbocycles. The van der Waals surface area contributed by atoms with Crippen LogP contribution in [0.25, 0.3) is 28.0 Å². The highest BCUT2D eigenvalue weighted by Gasteiger charge is 2.34. The van der Waals surface area contributed by atoms with E-state index in [-0.39, 0.29) is 51.8 Å². The molecule has 11 heteroatoms. The van der Waals surface area contributed by atoms with E-state index in [9.17, 15) is 9.59 Å². The smallest absolute Gasteiger partial charge is 0.352 e. The zero-order valence-corrected chi connectivity index (χ0v) is 25.9. The van der Waals surface area contributed by atoms with Crippen LogP contribution in [0.15, 0.2) is 54.1 Å². The molecule has 2 unspecified atom stereocenters. The van der Waals surface area contributed by atoms with Gasteiger partial charge in [-0.1, -0.05) is 58.0 Å². The standard InChI is InChI=1S/C32H35ClFN7O2/c1-8-25(42)40-19(6)14-39(15-20(40)7)30-22-13-23(33)28(21-11-9-10-12-24(21)34)37-31(22)41(32(43)38-30)29-26(17(2)3)35-16-36-27(29)18(4)5/h8-13,16-20H,1,14-15H2,2-7H3. The topological polar surface area (TPSA) is 97.1 Å². The Labute approximate surface area is 255 Å². The number of fused-ring (bicyclic) bond motifs is 1. The van der Waals surface area contributed by atoms with Crippen LogP contribution in [0.3, 0.4) is 0 Å². The van der Waals surface area contributed by atoms with E-state index in [1.807, 2.05) is 46.4 Å². The van der Waals surface area contributed by atoms with Gasteiger partial charge in [-0.15, -0.1) is 0 Å². The molecule has 2 atom stereocenters. The van der Waals surface area contributed by atoms with Gasteiger partial charge in [-0.3, -0.25) is 4.79 Å². The third-order valence-electron chi connectivity index (χ3n) is 7.77. The highest BCUT2D eigenvalue weighted by molar-refractivity contribution is 6.33. The fourth-order valence-corrected chi connectivity index (χ4v) is 6.16. The molecule has 5 rings (SSSR count). The lowest BCUT2D eigenvalue weighted by atomic mass is 10.0. The number of nitrogens with zero attached hydrogens (tertiary/aromatic N) is 7. The van der Waals surface area contributed by atoms with Crippen LogP contribution < -0.4 is 10.6 Å². The molecule has 4 heterocycles. The number of aromatic nitrogens is 5. The number of rotatable bonds is 6. The van der Waals surface area contributed by atoms with Gasteiger partial charge in [0, 0.05) is 30.7 Å². The Bertz CT molecular complexity index is 1750. The van der Waals surface area contributed by atoms with Gasteiger partial charge in [0.25, 0.3) is 0 Å². The van der Waals surface area contributed by atoms with E-state index in [2.05, 4.69) is 21.5 Å². The summed E-state index contributed by atoms with van der Waals surface area (Å²) >= 11 is 6.81. The number of halogens is 2. The lowest BCUT2D eigenvalue weighted by Crippen LogP contribution is -2.58. The Morgan fingerprint density at radius 2 is 1.65 bits per heavy atom. The molecule has 9 nitrogen and oxygen atoms in total. The largest absolute Gasteiger partial charge is 0.355 e. The van der Waals surface area contributed by atoms with Gasteiger partial charge in [-0.2, -0.15) is 4.98 Å². The summed E-state index contributed by atoms with van der Waals surface area (Å²) < 4.78 is 16.5. The molecule has 1 saturated heterocycles. The van der Waals surface area contributed by atoms with E-state index in [0.717, 1.165) is 0 Å². The highest BCUT2D eigenvalue weighted by atomic mass is 35.5. The van der Waals surface area contributed by atoms with Crippen molar-refractivity contribution in [1.29, 1.82) is 0 Å². The minimum Gasteiger partial charge on any atom is -0.352 e.